The lowest BCUT2D eigenvalue weighted by Gasteiger charge is -2.06. The molecule has 90 valence electrons. The number of aryl methyl sites for hydroxylation is 1. The van der Waals surface area contributed by atoms with Gasteiger partial charge in [-0.3, -0.25) is 4.57 Å². The van der Waals surface area contributed by atoms with Crippen molar-refractivity contribution in [3.63, 3.8) is 0 Å². The molecule has 3 rings (SSSR count). The number of imidazole rings is 1. The first kappa shape index (κ1) is 10.8. The van der Waals surface area contributed by atoms with Crippen molar-refractivity contribution in [2.75, 3.05) is 0 Å². The first-order chi connectivity index (χ1) is 8.75. The van der Waals surface area contributed by atoms with E-state index in [0.29, 0.717) is 12.2 Å². The molecule has 0 N–H and O–H groups in total. The zero-order valence-corrected chi connectivity index (χ0v) is 10.1. The fraction of sp³-hybridized carbons (Fsp3) is 0.143. The zero-order chi connectivity index (χ0) is 12.5. The molecule has 0 bridgehead atoms. The van der Waals surface area contributed by atoms with Gasteiger partial charge >= 0.3 is 5.69 Å². The van der Waals surface area contributed by atoms with Gasteiger partial charge in [-0.25, -0.2) is 14.2 Å². The molecule has 4 heteroatoms. The molecule has 3 aromatic rings. The van der Waals surface area contributed by atoms with Crippen molar-refractivity contribution in [2.45, 2.75) is 13.5 Å². The molecule has 0 spiro atoms. The van der Waals surface area contributed by atoms with Crippen molar-refractivity contribution in [2.24, 2.45) is 0 Å². The van der Waals surface area contributed by atoms with E-state index in [1.165, 1.54) is 0 Å². The molecule has 0 aliphatic carbocycles. The summed E-state index contributed by atoms with van der Waals surface area (Å²) in [5.74, 6) is 0. The quantitative estimate of drug-likeness (QED) is 0.684. The lowest BCUT2D eigenvalue weighted by Crippen LogP contribution is -2.26. The van der Waals surface area contributed by atoms with Crippen LogP contribution in [-0.4, -0.2) is 14.0 Å². The summed E-state index contributed by atoms with van der Waals surface area (Å²) in [4.78, 5) is 16.5. The third-order valence-electron chi connectivity index (χ3n) is 3.00. The van der Waals surface area contributed by atoms with Gasteiger partial charge in [0.05, 0.1) is 6.54 Å². The Hall–Kier alpha value is -2.36. The second kappa shape index (κ2) is 4.14. The summed E-state index contributed by atoms with van der Waals surface area (Å²) >= 11 is 0. The zero-order valence-electron chi connectivity index (χ0n) is 10.1. The van der Waals surface area contributed by atoms with E-state index in [2.05, 4.69) is 4.98 Å². The Morgan fingerprint density at radius 1 is 1.17 bits per heavy atom. The molecule has 4 nitrogen and oxygen atoms in total. The molecule has 1 aromatic carbocycles. The molecule has 0 saturated carbocycles. The van der Waals surface area contributed by atoms with Crippen molar-refractivity contribution in [3.8, 4) is 0 Å². The molecule has 0 radical (unpaired) electrons. The fourth-order valence-corrected chi connectivity index (χ4v) is 2.07. The van der Waals surface area contributed by atoms with E-state index in [9.17, 15) is 4.79 Å². The second-order valence-electron chi connectivity index (χ2n) is 4.31. The van der Waals surface area contributed by atoms with Gasteiger partial charge in [-0.15, -0.1) is 0 Å². The number of rotatable bonds is 2. The Balaban J connectivity index is 2.11. The lowest BCUT2D eigenvalue weighted by atomic mass is 10.2. The van der Waals surface area contributed by atoms with E-state index in [0.717, 1.165) is 11.3 Å². The predicted molar refractivity (Wildman–Crippen MR) is 69.7 cm³/mol. The molecule has 0 aliphatic rings. The summed E-state index contributed by atoms with van der Waals surface area (Å²) in [6.07, 6.45) is 3.50. The van der Waals surface area contributed by atoms with Crippen LogP contribution < -0.4 is 5.69 Å². The molecule has 2 heterocycles. The molecule has 0 atom stereocenters. The van der Waals surface area contributed by atoms with Crippen LogP contribution in [0.2, 0.25) is 0 Å². The number of hydrogen-bond acceptors (Lipinski definition) is 2. The Kier molecular flexibility index (Phi) is 2.48. The molecule has 0 unspecified atom stereocenters. The normalized spacial score (nSPS) is 10.9. The van der Waals surface area contributed by atoms with Crippen LogP contribution in [0.4, 0.5) is 0 Å². The maximum absolute atomic E-state index is 12.3. The van der Waals surface area contributed by atoms with Gasteiger partial charge in [0.1, 0.15) is 5.65 Å². The van der Waals surface area contributed by atoms with Gasteiger partial charge in [-0.2, -0.15) is 0 Å². The summed E-state index contributed by atoms with van der Waals surface area (Å²) in [7, 11) is 0. The average molecular weight is 239 g/mol. The van der Waals surface area contributed by atoms with E-state index in [4.69, 9.17) is 0 Å². The predicted octanol–water partition coefficient (Wildman–Crippen LogP) is 1.85. The molecule has 0 saturated heterocycles. The van der Waals surface area contributed by atoms with E-state index < -0.39 is 0 Å². The van der Waals surface area contributed by atoms with Crippen molar-refractivity contribution >= 4 is 5.65 Å². The summed E-state index contributed by atoms with van der Waals surface area (Å²) in [6.45, 7) is 2.46. The summed E-state index contributed by atoms with van der Waals surface area (Å²) in [6, 6.07) is 11.8. The molecule has 2 aromatic heterocycles. The summed E-state index contributed by atoms with van der Waals surface area (Å²) < 4.78 is 3.32. The van der Waals surface area contributed by atoms with Gasteiger partial charge in [-0.1, -0.05) is 30.3 Å². The molecule has 0 amide bonds. The summed E-state index contributed by atoms with van der Waals surface area (Å²) in [5.41, 5.74) is 2.61. The van der Waals surface area contributed by atoms with Gasteiger partial charge in [0.25, 0.3) is 0 Å². The summed E-state index contributed by atoms with van der Waals surface area (Å²) in [5, 5.41) is 0. The SMILES string of the molecule is Cc1cnc2ccn(Cc3ccccc3)c(=O)n12. The highest BCUT2D eigenvalue weighted by Gasteiger charge is 2.05. The van der Waals surface area contributed by atoms with Crippen LogP contribution in [0.15, 0.2) is 53.6 Å². The third-order valence-corrected chi connectivity index (χ3v) is 3.00. The minimum absolute atomic E-state index is 0.0497. The van der Waals surface area contributed by atoms with Gasteiger partial charge in [0.2, 0.25) is 0 Å². The number of fused-ring (bicyclic) bond motifs is 1. The molecular formula is C14H13N3O. The van der Waals surface area contributed by atoms with E-state index in [-0.39, 0.29) is 5.69 Å². The molecule has 0 fully saturated rings. The highest BCUT2D eigenvalue weighted by atomic mass is 16.1. The van der Waals surface area contributed by atoms with Crippen molar-refractivity contribution in [3.05, 3.63) is 70.5 Å². The van der Waals surface area contributed by atoms with Crippen molar-refractivity contribution in [1.82, 2.24) is 14.0 Å². The Bertz CT molecular complexity index is 741. The molecule has 0 aliphatic heterocycles. The van der Waals surface area contributed by atoms with Crippen LogP contribution in [0.25, 0.3) is 5.65 Å². The van der Waals surface area contributed by atoms with Crippen LogP contribution >= 0.6 is 0 Å². The lowest BCUT2D eigenvalue weighted by molar-refractivity contribution is 0.709. The molecular weight excluding hydrogens is 226 g/mol. The number of benzene rings is 1. The Morgan fingerprint density at radius 2 is 1.94 bits per heavy atom. The van der Waals surface area contributed by atoms with Crippen LogP contribution in [0.3, 0.4) is 0 Å². The number of aromatic nitrogens is 3. The van der Waals surface area contributed by atoms with Gasteiger partial charge < -0.3 is 0 Å². The minimum Gasteiger partial charge on any atom is -0.296 e. The smallest absolute Gasteiger partial charge is 0.296 e. The van der Waals surface area contributed by atoms with Crippen LogP contribution in [-0.2, 0) is 6.54 Å². The average Bonchev–Trinajstić information content (AvgIpc) is 2.77. The number of nitrogens with zero attached hydrogens (tertiary/aromatic N) is 3. The van der Waals surface area contributed by atoms with Crippen molar-refractivity contribution in [1.29, 1.82) is 0 Å². The standard InChI is InChI=1S/C14H13N3O/c1-11-9-15-13-7-8-16(14(18)17(11)13)10-12-5-3-2-4-6-12/h2-9H,10H2,1H3. The topological polar surface area (TPSA) is 39.3 Å². The van der Waals surface area contributed by atoms with Crippen LogP contribution in [0, 0.1) is 6.92 Å². The highest BCUT2D eigenvalue weighted by Crippen LogP contribution is 2.04. The minimum atomic E-state index is -0.0497. The first-order valence-corrected chi connectivity index (χ1v) is 5.83. The first-order valence-electron chi connectivity index (χ1n) is 5.83. The van der Waals surface area contributed by atoms with Crippen LogP contribution in [0.1, 0.15) is 11.3 Å². The Labute approximate surface area is 104 Å². The van der Waals surface area contributed by atoms with Gasteiger partial charge in [0.15, 0.2) is 0 Å². The fourth-order valence-electron chi connectivity index (χ4n) is 2.07. The third kappa shape index (κ3) is 1.72. The second-order valence-corrected chi connectivity index (χ2v) is 4.31. The number of hydrogen-bond donors (Lipinski definition) is 0. The maximum Gasteiger partial charge on any atom is 0.334 e. The van der Waals surface area contributed by atoms with E-state index in [1.54, 1.807) is 21.4 Å². The maximum atomic E-state index is 12.3. The Morgan fingerprint density at radius 3 is 2.72 bits per heavy atom. The molecule has 18 heavy (non-hydrogen) atoms. The van der Waals surface area contributed by atoms with E-state index >= 15 is 0 Å². The van der Waals surface area contributed by atoms with Crippen molar-refractivity contribution < 1.29 is 0 Å². The largest absolute Gasteiger partial charge is 0.334 e. The van der Waals surface area contributed by atoms with Crippen LogP contribution in [0.5, 0.6) is 0 Å². The van der Waals surface area contributed by atoms with Gasteiger partial charge in [0, 0.05) is 18.1 Å². The van der Waals surface area contributed by atoms with E-state index in [1.807, 2.05) is 43.3 Å². The van der Waals surface area contributed by atoms with Gasteiger partial charge in [-0.05, 0) is 18.6 Å². The monoisotopic (exact) mass is 239 g/mol. The highest BCUT2D eigenvalue weighted by molar-refractivity contribution is 5.38.